The highest BCUT2D eigenvalue weighted by Crippen LogP contribution is 2.24. The van der Waals surface area contributed by atoms with Gasteiger partial charge in [0.05, 0.1) is 6.10 Å². The quantitative estimate of drug-likeness (QED) is 0.804. The second-order valence-corrected chi connectivity index (χ2v) is 5.59. The molecule has 2 unspecified atom stereocenters. The molecule has 2 aromatic rings. The van der Waals surface area contributed by atoms with Crippen LogP contribution in [0.3, 0.4) is 0 Å². The smallest absolute Gasteiger partial charge is 0.257 e. The first-order valence-electron chi connectivity index (χ1n) is 7.28. The first kappa shape index (κ1) is 13.2. The average molecular weight is 272 g/mol. The first-order chi connectivity index (χ1) is 9.74. The molecule has 1 aromatic heterocycles. The predicted molar refractivity (Wildman–Crippen MR) is 81.0 cm³/mol. The highest BCUT2D eigenvalue weighted by atomic mass is 16.3. The van der Waals surface area contributed by atoms with Gasteiger partial charge in [-0.1, -0.05) is 31.0 Å². The summed E-state index contributed by atoms with van der Waals surface area (Å²) in [6.07, 6.45) is 4.01. The maximum atomic E-state index is 12.0. The van der Waals surface area contributed by atoms with E-state index in [0.717, 1.165) is 30.5 Å². The summed E-state index contributed by atoms with van der Waals surface area (Å²) in [5.74, 6) is 1.00. The molecule has 0 spiro atoms. The molecule has 2 atom stereocenters. The standard InChI is InChI=1S/C16H20N2O2/c19-14-8-4-2-6-12(14)10-17-15-9-11-5-1-3-7-13(11)16(20)18-15/h1,3,5,7,9,12,14,19H,2,4,6,8,10H2,(H2,17,18,20). The van der Waals surface area contributed by atoms with Crippen molar-refractivity contribution >= 4 is 16.6 Å². The summed E-state index contributed by atoms with van der Waals surface area (Å²) >= 11 is 0. The fourth-order valence-corrected chi connectivity index (χ4v) is 2.97. The molecule has 4 nitrogen and oxygen atoms in total. The summed E-state index contributed by atoms with van der Waals surface area (Å²) < 4.78 is 0. The van der Waals surface area contributed by atoms with Crippen LogP contribution in [0.2, 0.25) is 0 Å². The highest BCUT2D eigenvalue weighted by molar-refractivity contribution is 5.83. The van der Waals surface area contributed by atoms with Crippen LogP contribution < -0.4 is 10.9 Å². The van der Waals surface area contributed by atoms with Crippen molar-refractivity contribution in [2.24, 2.45) is 5.92 Å². The van der Waals surface area contributed by atoms with E-state index < -0.39 is 0 Å². The minimum atomic E-state index is -0.219. The van der Waals surface area contributed by atoms with Crippen molar-refractivity contribution in [3.8, 4) is 0 Å². The third-order valence-electron chi connectivity index (χ3n) is 4.18. The molecule has 1 aliphatic rings. The molecule has 1 aliphatic carbocycles. The minimum absolute atomic E-state index is 0.0743. The SMILES string of the molecule is O=c1[nH]c(NCC2CCCCC2O)cc2ccccc12. The Morgan fingerprint density at radius 2 is 2.05 bits per heavy atom. The topological polar surface area (TPSA) is 65.1 Å². The van der Waals surface area contributed by atoms with Crippen LogP contribution in [0.25, 0.3) is 10.8 Å². The largest absolute Gasteiger partial charge is 0.393 e. The number of hydrogen-bond acceptors (Lipinski definition) is 3. The number of pyridine rings is 1. The zero-order chi connectivity index (χ0) is 13.9. The molecule has 4 heteroatoms. The van der Waals surface area contributed by atoms with Crippen molar-refractivity contribution in [2.45, 2.75) is 31.8 Å². The van der Waals surface area contributed by atoms with Gasteiger partial charge in [0, 0.05) is 17.8 Å². The van der Waals surface area contributed by atoms with Crippen LogP contribution in [0, 0.1) is 5.92 Å². The molecule has 1 fully saturated rings. The summed E-state index contributed by atoms with van der Waals surface area (Å²) in [7, 11) is 0. The number of nitrogens with one attached hydrogen (secondary N) is 2. The van der Waals surface area contributed by atoms with E-state index in [9.17, 15) is 9.90 Å². The molecule has 0 radical (unpaired) electrons. The van der Waals surface area contributed by atoms with Crippen molar-refractivity contribution < 1.29 is 5.11 Å². The zero-order valence-corrected chi connectivity index (χ0v) is 11.4. The lowest BCUT2D eigenvalue weighted by molar-refractivity contribution is 0.0763. The van der Waals surface area contributed by atoms with Crippen LogP contribution in [0.1, 0.15) is 25.7 Å². The molecular weight excluding hydrogens is 252 g/mol. The number of hydrogen-bond donors (Lipinski definition) is 3. The summed E-state index contributed by atoms with van der Waals surface area (Å²) in [6, 6.07) is 9.50. The Labute approximate surface area is 117 Å². The number of aromatic nitrogens is 1. The lowest BCUT2D eigenvalue weighted by atomic mass is 9.86. The van der Waals surface area contributed by atoms with E-state index in [1.165, 1.54) is 6.42 Å². The third kappa shape index (κ3) is 2.70. The average Bonchev–Trinajstić information content (AvgIpc) is 2.46. The normalized spacial score (nSPS) is 22.9. The van der Waals surface area contributed by atoms with Gasteiger partial charge in [0.1, 0.15) is 5.82 Å². The van der Waals surface area contributed by atoms with Gasteiger partial charge >= 0.3 is 0 Å². The third-order valence-corrected chi connectivity index (χ3v) is 4.18. The van der Waals surface area contributed by atoms with Crippen LogP contribution >= 0.6 is 0 Å². The van der Waals surface area contributed by atoms with E-state index in [1.54, 1.807) is 0 Å². The number of H-pyrrole nitrogens is 1. The molecule has 0 amide bonds. The van der Waals surface area contributed by atoms with Gasteiger partial charge in [-0.3, -0.25) is 4.79 Å². The Morgan fingerprint density at radius 3 is 2.90 bits per heavy atom. The fourth-order valence-electron chi connectivity index (χ4n) is 2.97. The van der Waals surface area contributed by atoms with E-state index in [1.807, 2.05) is 30.3 Å². The second kappa shape index (κ2) is 5.67. The lowest BCUT2D eigenvalue weighted by Crippen LogP contribution is -2.30. The fraction of sp³-hybridized carbons (Fsp3) is 0.438. The summed E-state index contributed by atoms with van der Waals surface area (Å²) in [5, 5.41) is 14.9. The number of aliphatic hydroxyl groups excluding tert-OH is 1. The van der Waals surface area contributed by atoms with Crippen molar-refractivity contribution in [1.29, 1.82) is 0 Å². The maximum absolute atomic E-state index is 12.0. The van der Waals surface area contributed by atoms with Crippen LogP contribution in [0.15, 0.2) is 35.1 Å². The van der Waals surface area contributed by atoms with E-state index in [-0.39, 0.29) is 17.6 Å². The molecule has 0 bridgehead atoms. The molecule has 0 saturated heterocycles. The number of rotatable bonds is 3. The van der Waals surface area contributed by atoms with Crippen molar-refractivity contribution in [2.75, 3.05) is 11.9 Å². The van der Waals surface area contributed by atoms with E-state index in [2.05, 4.69) is 10.3 Å². The van der Waals surface area contributed by atoms with Crippen LogP contribution in [-0.4, -0.2) is 22.7 Å². The van der Waals surface area contributed by atoms with E-state index in [4.69, 9.17) is 0 Å². The lowest BCUT2D eigenvalue weighted by Gasteiger charge is -2.27. The Hall–Kier alpha value is -1.81. The zero-order valence-electron chi connectivity index (χ0n) is 11.4. The van der Waals surface area contributed by atoms with Gasteiger partial charge in [0.25, 0.3) is 5.56 Å². The van der Waals surface area contributed by atoms with Crippen LogP contribution in [0.4, 0.5) is 5.82 Å². The van der Waals surface area contributed by atoms with Gasteiger partial charge in [0.2, 0.25) is 0 Å². The Kier molecular flexibility index (Phi) is 3.74. The van der Waals surface area contributed by atoms with Crippen molar-refractivity contribution in [1.82, 2.24) is 4.98 Å². The summed E-state index contributed by atoms with van der Waals surface area (Å²) in [5.41, 5.74) is -0.0743. The van der Waals surface area contributed by atoms with Gasteiger partial charge in [-0.05, 0) is 30.4 Å². The van der Waals surface area contributed by atoms with Gasteiger partial charge in [-0.25, -0.2) is 0 Å². The Morgan fingerprint density at radius 1 is 1.25 bits per heavy atom. The number of anilines is 1. The number of fused-ring (bicyclic) bond motifs is 1. The maximum Gasteiger partial charge on any atom is 0.257 e. The molecule has 1 saturated carbocycles. The van der Waals surface area contributed by atoms with Gasteiger partial charge in [-0.15, -0.1) is 0 Å². The molecule has 20 heavy (non-hydrogen) atoms. The predicted octanol–water partition coefficient (Wildman–Crippen LogP) is 2.49. The number of benzene rings is 1. The van der Waals surface area contributed by atoms with E-state index in [0.29, 0.717) is 11.9 Å². The van der Waals surface area contributed by atoms with Crippen LogP contribution in [-0.2, 0) is 0 Å². The van der Waals surface area contributed by atoms with Gasteiger partial charge in [0.15, 0.2) is 0 Å². The van der Waals surface area contributed by atoms with Gasteiger partial charge < -0.3 is 15.4 Å². The second-order valence-electron chi connectivity index (χ2n) is 5.59. The molecule has 1 heterocycles. The van der Waals surface area contributed by atoms with Crippen LogP contribution in [0.5, 0.6) is 0 Å². The Bertz CT molecular complexity index is 650. The highest BCUT2D eigenvalue weighted by Gasteiger charge is 2.22. The van der Waals surface area contributed by atoms with Crippen molar-refractivity contribution in [3.05, 3.63) is 40.7 Å². The Balaban J connectivity index is 1.76. The molecule has 106 valence electrons. The molecule has 3 N–H and O–H groups in total. The minimum Gasteiger partial charge on any atom is -0.393 e. The molecule has 3 rings (SSSR count). The molecule has 1 aromatic carbocycles. The first-order valence-corrected chi connectivity index (χ1v) is 7.28. The summed E-state index contributed by atoms with van der Waals surface area (Å²) in [4.78, 5) is 14.8. The van der Waals surface area contributed by atoms with Crippen molar-refractivity contribution in [3.63, 3.8) is 0 Å². The molecule has 0 aliphatic heterocycles. The summed E-state index contributed by atoms with van der Waals surface area (Å²) in [6.45, 7) is 0.704. The monoisotopic (exact) mass is 272 g/mol. The number of aliphatic hydroxyl groups is 1. The van der Waals surface area contributed by atoms with Gasteiger partial charge in [-0.2, -0.15) is 0 Å². The van der Waals surface area contributed by atoms with E-state index >= 15 is 0 Å². The number of aromatic amines is 1. The molecular formula is C16H20N2O2.